The molecule has 0 saturated carbocycles. The molecular weight excluding hydrogens is 200 g/mol. The number of hydrogen-bond acceptors (Lipinski definition) is 3. The van der Waals surface area contributed by atoms with Gasteiger partial charge in [0.05, 0.1) is 14.7 Å². The van der Waals surface area contributed by atoms with Gasteiger partial charge in [-0.1, -0.05) is 25.7 Å². The van der Waals surface area contributed by atoms with Crippen LogP contribution < -0.4 is 4.50 Å². The van der Waals surface area contributed by atoms with E-state index in [1.165, 1.54) is 4.50 Å². The average Bonchev–Trinajstić information content (AvgIpc) is 2.50. The van der Waals surface area contributed by atoms with Crippen LogP contribution >= 0.6 is 11.3 Å². The summed E-state index contributed by atoms with van der Waals surface area (Å²) in [6.45, 7) is 6.63. The number of hydrogen-bond donors (Lipinski definition) is 2. The predicted molar refractivity (Wildman–Crippen MR) is 59.3 cm³/mol. The lowest BCUT2D eigenvalue weighted by Gasteiger charge is -2.12. The molecule has 1 unspecified atom stereocenters. The Morgan fingerprint density at radius 3 is 2.38 bits per heavy atom. The Bertz CT molecular complexity index is 277. The second-order valence-electron chi connectivity index (χ2n) is 4.15. The maximum absolute atomic E-state index is 9.38. The van der Waals surface area contributed by atoms with E-state index in [4.69, 9.17) is 5.11 Å². The molecule has 0 aromatic carbocycles. The van der Waals surface area contributed by atoms with Gasteiger partial charge in [0.2, 0.25) is 0 Å². The molecule has 0 spiro atoms. The lowest BCUT2D eigenvalue weighted by molar-refractivity contribution is 0.0984. The van der Waals surface area contributed by atoms with Crippen LogP contribution in [-0.4, -0.2) is 24.9 Å². The van der Waals surface area contributed by atoms with Crippen LogP contribution in [0.1, 0.15) is 11.0 Å². The fraction of sp³-hybridized carbons (Fsp3) is 0.556. The Labute approximate surface area is 83.9 Å². The van der Waals surface area contributed by atoms with E-state index in [1.54, 1.807) is 11.3 Å². The van der Waals surface area contributed by atoms with Gasteiger partial charge in [-0.05, 0) is 10.6 Å². The van der Waals surface area contributed by atoms with Crippen LogP contribution in [0, 0.1) is 0 Å². The maximum Gasteiger partial charge on any atom is 0.111 e. The van der Waals surface area contributed by atoms with Crippen molar-refractivity contribution >= 4 is 23.9 Å². The van der Waals surface area contributed by atoms with E-state index in [-0.39, 0.29) is 6.61 Å². The van der Waals surface area contributed by atoms with Crippen molar-refractivity contribution in [3.05, 3.63) is 17.0 Å². The molecule has 0 aliphatic carbocycles. The predicted octanol–water partition coefficient (Wildman–Crippen LogP) is 1.32. The van der Waals surface area contributed by atoms with E-state index in [0.29, 0.717) is 0 Å². The highest BCUT2D eigenvalue weighted by molar-refractivity contribution is 7.26. The highest BCUT2D eigenvalue weighted by Crippen LogP contribution is 2.19. The highest BCUT2D eigenvalue weighted by atomic mass is 32.1. The van der Waals surface area contributed by atoms with E-state index in [2.05, 4.69) is 25.7 Å². The van der Waals surface area contributed by atoms with Gasteiger partial charge in [0.25, 0.3) is 0 Å². The van der Waals surface area contributed by atoms with Crippen molar-refractivity contribution in [3.63, 3.8) is 0 Å². The molecule has 0 saturated heterocycles. The van der Waals surface area contributed by atoms with Crippen LogP contribution in [0.15, 0.2) is 12.1 Å². The fourth-order valence-electron chi connectivity index (χ4n) is 1.02. The van der Waals surface area contributed by atoms with E-state index in [1.807, 2.05) is 6.07 Å². The SMILES string of the molecule is C[Si](C)(C)c1ccc(C(O)CO)s1. The van der Waals surface area contributed by atoms with Crippen LogP contribution in [0.2, 0.25) is 19.6 Å². The van der Waals surface area contributed by atoms with Crippen LogP contribution in [-0.2, 0) is 0 Å². The summed E-state index contributed by atoms with van der Waals surface area (Å²) < 4.78 is 1.37. The van der Waals surface area contributed by atoms with Crippen molar-refractivity contribution in [2.45, 2.75) is 25.7 Å². The minimum absolute atomic E-state index is 0.189. The van der Waals surface area contributed by atoms with Crippen molar-refractivity contribution in [1.82, 2.24) is 0 Å². The molecule has 4 heteroatoms. The summed E-state index contributed by atoms with van der Waals surface area (Å²) in [6.07, 6.45) is -0.699. The molecule has 0 radical (unpaired) electrons. The van der Waals surface area contributed by atoms with Gasteiger partial charge in [0, 0.05) is 4.88 Å². The third kappa shape index (κ3) is 2.64. The van der Waals surface area contributed by atoms with Crippen molar-refractivity contribution in [2.75, 3.05) is 6.61 Å². The molecule has 0 aliphatic rings. The Morgan fingerprint density at radius 2 is 2.00 bits per heavy atom. The normalized spacial score (nSPS) is 14.5. The summed E-state index contributed by atoms with van der Waals surface area (Å²) in [7, 11) is -1.25. The Kier molecular flexibility index (Phi) is 3.29. The summed E-state index contributed by atoms with van der Waals surface area (Å²) in [4.78, 5) is 0.875. The number of rotatable bonds is 3. The smallest absolute Gasteiger partial charge is 0.111 e. The molecule has 2 N–H and O–H groups in total. The van der Waals surface area contributed by atoms with Gasteiger partial charge in [-0.3, -0.25) is 0 Å². The van der Waals surface area contributed by atoms with E-state index in [9.17, 15) is 5.11 Å². The molecule has 0 aliphatic heterocycles. The van der Waals surface area contributed by atoms with Gasteiger partial charge in [-0.15, -0.1) is 11.3 Å². The van der Waals surface area contributed by atoms with Crippen molar-refractivity contribution in [1.29, 1.82) is 0 Å². The third-order valence-corrected chi connectivity index (χ3v) is 6.66. The Hall–Kier alpha value is -0.163. The van der Waals surface area contributed by atoms with Gasteiger partial charge < -0.3 is 10.2 Å². The summed E-state index contributed by atoms with van der Waals surface area (Å²) in [5.41, 5.74) is 0. The zero-order chi connectivity index (χ0) is 10.1. The third-order valence-electron chi connectivity index (χ3n) is 1.87. The van der Waals surface area contributed by atoms with Gasteiger partial charge >= 0.3 is 0 Å². The van der Waals surface area contributed by atoms with Gasteiger partial charge in [-0.25, -0.2) is 0 Å². The summed E-state index contributed by atoms with van der Waals surface area (Å²) in [6, 6.07) is 3.99. The maximum atomic E-state index is 9.38. The average molecular weight is 216 g/mol. The Morgan fingerprint density at radius 1 is 1.38 bits per heavy atom. The molecular formula is C9H16O2SSi. The minimum Gasteiger partial charge on any atom is -0.393 e. The molecule has 1 aromatic heterocycles. The molecule has 74 valence electrons. The van der Waals surface area contributed by atoms with Crippen LogP contribution in [0.4, 0.5) is 0 Å². The number of aliphatic hydroxyl groups excluding tert-OH is 2. The quantitative estimate of drug-likeness (QED) is 0.748. The zero-order valence-corrected chi connectivity index (χ0v) is 10.1. The van der Waals surface area contributed by atoms with E-state index >= 15 is 0 Å². The van der Waals surface area contributed by atoms with E-state index < -0.39 is 14.2 Å². The standard InChI is InChI=1S/C9H16O2SSi/c1-13(2,3)9-5-4-8(12-9)7(11)6-10/h4-5,7,10-11H,6H2,1-3H3. The molecule has 1 aromatic rings. The second-order valence-corrected chi connectivity index (χ2v) is 10.7. The zero-order valence-electron chi connectivity index (χ0n) is 8.24. The summed E-state index contributed by atoms with van der Waals surface area (Å²) in [5, 5.41) is 18.2. The topological polar surface area (TPSA) is 40.5 Å². The van der Waals surface area contributed by atoms with E-state index in [0.717, 1.165) is 4.88 Å². The van der Waals surface area contributed by atoms with Gasteiger partial charge in [0.1, 0.15) is 6.10 Å². The fourth-order valence-corrected chi connectivity index (χ4v) is 3.92. The van der Waals surface area contributed by atoms with Gasteiger partial charge in [0.15, 0.2) is 0 Å². The summed E-state index contributed by atoms with van der Waals surface area (Å²) in [5.74, 6) is 0. The molecule has 0 amide bonds. The monoisotopic (exact) mass is 216 g/mol. The first kappa shape index (κ1) is 10.9. The Balaban J connectivity index is 2.87. The van der Waals surface area contributed by atoms with Crippen LogP contribution in [0.5, 0.6) is 0 Å². The number of aliphatic hydroxyl groups is 2. The lowest BCUT2D eigenvalue weighted by atomic mass is 10.3. The molecule has 1 rings (SSSR count). The van der Waals surface area contributed by atoms with Crippen molar-refractivity contribution in [3.8, 4) is 0 Å². The summed E-state index contributed by atoms with van der Waals surface area (Å²) >= 11 is 1.62. The van der Waals surface area contributed by atoms with Crippen molar-refractivity contribution < 1.29 is 10.2 Å². The molecule has 1 atom stereocenters. The molecule has 2 nitrogen and oxygen atoms in total. The lowest BCUT2D eigenvalue weighted by Crippen LogP contribution is -2.34. The molecule has 13 heavy (non-hydrogen) atoms. The highest BCUT2D eigenvalue weighted by Gasteiger charge is 2.20. The number of thiophene rings is 1. The molecule has 0 fully saturated rings. The second kappa shape index (κ2) is 3.92. The van der Waals surface area contributed by atoms with Crippen LogP contribution in [0.25, 0.3) is 0 Å². The first-order chi connectivity index (χ1) is 5.95. The van der Waals surface area contributed by atoms with Crippen LogP contribution in [0.3, 0.4) is 0 Å². The molecule has 0 bridgehead atoms. The molecule has 1 heterocycles. The first-order valence-corrected chi connectivity index (χ1v) is 8.66. The van der Waals surface area contributed by atoms with Crippen molar-refractivity contribution in [2.24, 2.45) is 0 Å². The first-order valence-electron chi connectivity index (χ1n) is 4.34. The van der Waals surface area contributed by atoms with Gasteiger partial charge in [-0.2, -0.15) is 0 Å². The largest absolute Gasteiger partial charge is 0.393 e. The minimum atomic E-state index is -1.25.